The van der Waals surface area contributed by atoms with E-state index in [1.807, 2.05) is 44.2 Å². The third-order valence-electron chi connectivity index (χ3n) is 3.73. The molecule has 2 unspecified atom stereocenters. The molecule has 2 rings (SSSR count). The molecule has 2 aromatic rings. The maximum atomic E-state index is 10.5. The molecule has 0 bridgehead atoms. The van der Waals surface area contributed by atoms with E-state index in [4.69, 9.17) is 15.6 Å². The van der Waals surface area contributed by atoms with E-state index in [0.29, 0.717) is 12.3 Å². The van der Waals surface area contributed by atoms with Gasteiger partial charge in [-0.3, -0.25) is 0 Å². The Bertz CT molecular complexity index is 665. The van der Waals surface area contributed by atoms with Gasteiger partial charge in [-0.25, -0.2) is 0 Å². The van der Waals surface area contributed by atoms with Crippen molar-refractivity contribution in [2.75, 3.05) is 13.2 Å². The van der Waals surface area contributed by atoms with Gasteiger partial charge in [0.1, 0.15) is 29.5 Å². The maximum absolute atomic E-state index is 10.5. The molecule has 1 heterocycles. The van der Waals surface area contributed by atoms with Gasteiger partial charge < -0.3 is 19.6 Å². The fourth-order valence-electron chi connectivity index (χ4n) is 2.26. The molecule has 23 heavy (non-hydrogen) atoms. The molecule has 0 fully saturated rings. The van der Waals surface area contributed by atoms with Crippen LogP contribution in [0, 0.1) is 19.3 Å². The summed E-state index contributed by atoms with van der Waals surface area (Å²) < 4.78 is 10.9. The van der Waals surface area contributed by atoms with Crippen LogP contribution in [0.1, 0.15) is 37.0 Å². The van der Waals surface area contributed by atoms with Crippen molar-refractivity contribution < 1.29 is 14.3 Å². The van der Waals surface area contributed by atoms with Crippen molar-refractivity contribution in [3.8, 4) is 18.1 Å². The van der Waals surface area contributed by atoms with Crippen LogP contribution in [0.5, 0.6) is 5.75 Å². The van der Waals surface area contributed by atoms with Crippen molar-refractivity contribution in [1.82, 2.24) is 5.32 Å². The minimum absolute atomic E-state index is 0.0826. The maximum Gasteiger partial charge on any atom is 0.148 e. The van der Waals surface area contributed by atoms with Crippen LogP contribution in [0.3, 0.4) is 0 Å². The average Bonchev–Trinajstić information content (AvgIpc) is 2.98. The summed E-state index contributed by atoms with van der Waals surface area (Å²) in [4.78, 5) is 0. The fraction of sp³-hybridized carbons (Fsp3) is 0.368. The van der Waals surface area contributed by atoms with E-state index in [2.05, 4.69) is 11.2 Å². The first-order chi connectivity index (χ1) is 10.9. The normalized spacial score (nSPS) is 14.7. The van der Waals surface area contributed by atoms with Gasteiger partial charge >= 0.3 is 0 Å². The van der Waals surface area contributed by atoms with Crippen LogP contribution < -0.4 is 10.1 Å². The van der Waals surface area contributed by atoms with Crippen LogP contribution in [0.4, 0.5) is 0 Å². The SMILES string of the molecule is C#CCOc1ccc(C(C)NCC(C)(O)c2ccc(C)o2)cc1. The molecule has 0 amide bonds. The standard InChI is InChI=1S/C19H23NO3/c1-5-12-22-17-9-7-16(8-10-17)15(3)20-13-19(4,21)18-11-6-14(2)23-18/h1,6-11,15,20-21H,12-13H2,2-4H3. The van der Waals surface area contributed by atoms with Crippen molar-refractivity contribution in [2.45, 2.75) is 32.4 Å². The van der Waals surface area contributed by atoms with Gasteiger partial charge in [0.15, 0.2) is 0 Å². The molecule has 0 radical (unpaired) electrons. The lowest BCUT2D eigenvalue weighted by Crippen LogP contribution is -2.36. The molecule has 1 aromatic heterocycles. The van der Waals surface area contributed by atoms with E-state index in [-0.39, 0.29) is 12.6 Å². The predicted octanol–water partition coefficient (Wildman–Crippen LogP) is 3.16. The highest BCUT2D eigenvalue weighted by Gasteiger charge is 2.27. The minimum Gasteiger partial charge on any atom is -0.481 e. The predicted molar refractivity (Wildman–Crippen MR) is 90.2 cm³/mol. The van der Waals surface area contributed by atoms with Crippen LogP contribution in [-0.4, -0.2) is 18.3 Å². The zero-order valence-electron chi connectivity index (χ0n) is 13.8. The Kier molecular flexibility index (Phi) is 5.49. The smallest absolute Gasteiger partial charge is 0.148 e. The molecule has 0 aliphatic rings. The van der Waals surface area contributed by atoms with Crippen molar-refractivity contribution in [3.63, 3.8) is 0 Å². The molecular formula is C19H23NO3. The summed E-state index contributed by atoms with van der Waals surface area (Å²) in [5, 5.41) is 13.9. The highest BCUT2D eigenvalue weighted by molar-refractivity contribution is 5.29. The lowest BCUT2D eigenvalue weighted by Gasteiger charge is -2.24. The van der Waals surface area contributed by atoms with Gasteiger partial charge in [-0.1, -0.05) is 18.1 Å². The molecule has 0 aliphatic carbocycles. The van der Waals surface area contributed by atoms with Gasteiger partial charge in [0.2, 0.25) is 0 Å². The first kappa shape index (κ1) is 17.1. The van der Waals surface area contributed by atoms with E-state index < -0.39 is 5.60 Å². The van der Waals surface area contributed by atoms with Crippen LogP contribution in [0.2, 0.25) is 0 Å². The van der Waals surface area contributed by atoms with Crippen LogP contribution in [-0.2, 0) is 5.60 Å². The van der Waals surface area contributed by atoms with Crippen molar-refractivity contribution in [2.24, 2.45) is 0 Å². The summed E-state index contributed by atoms with van der Waals surface area (Å²) in [5.41, 5.74) is 0.0442. The Labute approximate surface area is 137 Å². The van der Waals surface area contributed by atoms with Crippen molar-refractivity contribution in [3.05, 3.63) is 53.5 Å². The van der Waals surface area contributed by atoms with E-state index >= 15 is 0 Å². The summed E-state index contributed by atoms with van der Waals surface area (Å²) in [5.74, 6) is 4.53. The number of furan rings is 1. The van der Waals surface area contributed by atoms with Gasteiger partial charge in [-0.05, 0) is 50.6 Å². The Morgan fingerprint density at radius 1 is 1.30 bits per heavy atom. The summed E-state index contributed by atoms with van der Waals surface area (Å²) in [7, 11) is 0. The van der Waals surface area contributed by atoms with Gasteiger partial charge in [0.05, 0.1) is 0 Å². The number of rotatable bonds is 7. The topological polar surface area (TPSA) is 54.6 Å². The second-order valence-corrected chi connectivity index (χ2v) is 5.85. The zero-order chi connectivity index (χ0) is 16.9. The molecule has 4 nitrogen and oxygen atoms in total. The monoisotopic (exact) mass is 313 g/mol. The lowest BCUT2D eigenvalue weighted by atomic mass is 10.0. The summed E-state index contributed by atoms with van der Waals surface area (Å²) >= 11 is 0. The molecule has 0 spiro atoms. The van der Waals surface area contributed by atoms with E-state index in [1.54, 1.807) is 13.0 Å². The molecule has 0 aliphatic heterocycles. The van der Waals surface area contributed by atoms with Gasteiger partial charge in [0.25, 0.3) is 0 Å². The molecule has 122 valence electrons. The van der Waals surface area contributed by atoms with Crippen LogP contribution in [0.25, 0.3) is 0 Å². The van der Waals surface area contributed by atoms with E-state index in [9.17, 15) is 5.11 Å². The number of terminal acetylenes is 1. The molecule has 4 heteroatoms. The number of ether oxygens (including phenoxy) is 1. The lowest BCUT2D eigenvalue weighted by molar-refractivity contribution is 0.0313. The summed E-state index contributed by atoms with van der Waals surface area (Å²) in [6, 6.07) is 11.5. The van der Waals surface area contributed by atoms with Gasteiger partial charge in [-0.15, -0.1) is 6.42 Å². The number of nitrogens with one attached hydrogen (secondary N) is 1. The minimum atomic E-state index is -1.06. The first-order valence-corrected chi connectivity index (χ1v) is 7.61. The number of benzene rings is 1. The Morgan fingerprint density at radius 2 is 2.00 bits per heavy atom. The third-order valence-corrected chi connectivity index (χ3v) is 3.73. The molecule has 2 N–H and O–H groups in total. The highest BCUT2D eigenvalue weighted by atomic mass is 16.5. The number of aryl methyl sites for hydroxylation is 1. The average molecular weight is 313 g/mol. The van der Waals surface area contributed by atoms with E-state index in [0.717, 1.165) is 17.1 Å². The number of aliphatic hydroxyl groups is 1. The Morgan fingerprint density at radius 3 is 2.57 bits per heavy atom. The third kappa shape index (κ3) is 4.62. The number of hydrogen-bond donors (Lipinski definition) is 2. The van der Waals surface area contributed by atoms with Crippen molar-refractivity contribution in [1.29, 1.82) is 0 Å². The molecule has 1 aromatic carbocycles. The largest absolute Gasteiger partial charge is 0.481 e. The molecular weight excluding hydrogens is 290 g/mol. The molecule has 2 atom stereocenters. The highest BCUT2D eigenvalue weighted by Crippen LogP contribution is 2.24. The number of hydrogen-bond acceptors (Lipinski definition) is 4. The first-order valence-electron chi connectivity index (χ1n) is 7.61. The van der Waals surface area contributed by atoms with Crippen LogP contribution >= 0.6 is 0 Å². The second-order valence-electron chi connectivity index (χ2n) is 5.85. The fourth-order valence-corrected chi connectivity index (χ4v) is 2.26. The van der Waals surface area contributed by atoms with Crippen molar-refractivity contribution >= 4 is 0 Å². The van der Waals surface area contributed by atoms with E-state index in [1.165, 1.54) is 0 Å². The molecule has 0 saturated carbocycles. The van der Waals surface area contributed by atoms with Gasteiger partial charge in [0, 0.05) is 12.6 Å². The Hall–Kier alpha value is -2.22. The quantitative estimate of drug-likeness (QED) is 0.771. The summed E-state index contributed by atoms with van der Waals surface area (Å²) in [6.45, 7) is 6.29. The zero-order valence-corrected chi connectivity index (χ0v) is 13.8. The summed E-state index contributed by atoms with van der Waals surface area (Å²) in [6.07, 6.45) is 5.17. The molecule has 0 saturated heterocycles. The van der Waals surface area contributed by atoms with Crippen LogP contribution in [0.15, 0.2) is 40.8 Å². The second kappa shape index (κ2) is 7.36. The van der Waals surface area contributed by atoms with Gasteiger partial charge in [-0.2, -0.15) is 0 Å². The Balaban J connectivity index is 1.93.